The number of halogens is 4. The normalized spacial score (nSPS) is 19.0. The van der Waals surface area contributed by atoms with E-state index in [1.165, 1.54) is 0 Å². The van der Waals surface area contributed by atoms with Crippen LogP contribution in [0.5, 0.6) is 0 Å². The second-order valence-corrected chi connectivity index (χ2v) is 4.80. The van der Waals surface area contributed by atoms with E-state index in [1.54, 1.807) is 6.07 Å². The molecule has 15 heavy (non-hydrogen) atoms. The van der Waals surface area contributed by atoms with Crippen LogP contribution in [0.1, 0.15) is 24.0 Å². The highest BCUT2D eigenvalue weighted by Crippen LogP contribution is 2.45. The van der Waals surface area contributed by atoms with Gasteiger partial charge in [-0.05, 0) is 36.6 Å². The summed E-state index contributed by atoms with van der Waals surface area (Å²) in [5, 5.41) is 0. The van der Waals surface area contributed by atoms with Crippen molar-refractivity contribution in [1.29, 1.82) is 0 Å². The Bertz CT molecular complexity index is 373. The van der Waals surface area contributed by atoms with E-state index in [0.717, 1.165) is 25.0 Å². The van der Waals surface area contributed by atoms with E-state index in [4.69, 9.17) is 5.73 Å². The minimum atomic E-state index is -4.32. The molecule has 0 aromatic heterocycles. The summed E-state index contributed by atoms with van der Waals surface area (Å²) >= 11 is 3.07. The van der Waals surface area contributed by atoms with Gasteiger partial charge in [-0.1, -0.05) is 15.9 Å². The predicted molar refractivity (Wildman–Crippen MR) is 54.2 cm³/mol. The average molecular weight is 280 g/mol. The van der Waals surface area contributed by atoms with Crippen LogP contribution in [0.25, 0.3) is 0 Å². The fraction of sp³-hybridized carbons (Fsp3) is 0.400. The second-order valence-electron chi connectivity index (χ2n) is 3.88. The highest BCUT2D eigenvalue weighted by molar-refractivity contribution is 9.10. The van der Waals surface area contributed by atoms with E-state index in [0.29, 0.717) is 10.0 Å². The minimum absolute atomic E-state index is 0.420. The van der Waals surface area contributed by atoms with Gasteiger partial charge in [0.15, 0.2) is 0 Å². The van der Waals surface area contributed by atoms with Crippen LogP contribution in [0.4, 0.5) is 13.2 Å². The number of nitrogens with two attached hydrogens (primary N) is 1. The maximum Gasteiger partial charge on any atom is 0.416 e. The highest BCUT2D eigenvalue weighted by atomic mass is 79.9. The van der Waals surface area contributed by atoms with Gasteiger partial charge >= 0.3 is 6.18 Å². The molecule has 0 atom stereocenters. The van der Waals surface area contributed by atoms with Gasteiger partial charge < -0.3 is 5.73 Å². The first-order valence-electron chi connectivity index (χ1n) is 4.48. The summed E-state index contributed by atoms with van der Waals surface area (Å²) in [6, 6.07) is 3.86. The highest BCUT2D eigenvalue weighted by Gasteiger charge is 2.41. The van der Waals surface area contributed by atoms with Gasteiger partial charge in [0.25, 0.3) is 0 Å². The van der Waals surface area contributed by atoms with Gasteiger partial charge in [-0.2, -0.15) is 13.2 Å². The lowest BCUT2D eigenvalue weighted by atomic mass is 10.0. The maximum absolute atomic E-state index is 12.5. The van der Waals surface area contributed by atoms with Gasteiger partial charge in [-0.3, -0.25) is 0 Å². The quantitative estimate of drug-likeness (QED) is 0.838. The third kappa shape index (κ3) is 2.18. The zero-order valence-corrected chi connectivity index (χ0v) is 9.32. The fourth-order valence-corrected chi connectivity index (χ4v) is 1.96. The van der Waals surface area contributed by atoms with Crippen LogP contribution >= 0.6 is 15.9 Å². The predicted octanol–water partition coefficient (Wildman–Crippen LogP) is 3.42. The molecule has 0 bridgehead atoms. The van der Waals surface area contributed by atoms with Crippen LogP contribution in [0.15, 0.2) is 22.7 Å². The van der Waals surface area contributed by atoms with Crippen molar-refractivity contribution in [2.24, 2.45) is 5.73 Å². The summed E-state index contributed by atoms with van der Waals surface area (Å²) in [4.78, 5) is 0. The first-order chi connectivity index (χ1) is 6.81. The number of alkyl halides is 3. The summed E-state index contributed by atoms with van der Waals surface area (Å²) in [5.74, 6) is 0. The lowest BCUT2D eigenvalue weighted by Gasteiger charge is -2.13. The molecule has 1 aliphatic carbocycles. The SMILES string of the molecule is NC1(c2cc(Br)cc(C(F)(F)F)c2)CC1. The van der Waals surface area contributed by atoms with Crippen molar-refractivity contribution in [1.82, 2.24) is 0 Å². The van der Waals surface area contributed by atoms with Crippen molar-refractivity contribution in [3.05, 3.63) is 33.8 Å². The number of hydrogen-bond donors (Lipinski definition) is 1. The standard InChI is InChI=1S/C10H9BrF3N/c11-8-4-6(9(15)1-2-9)3-7(5-8)10(12,13)14/h3-5H,1-2,15H2. The van der Waals surface area contributed by atoms with E-state index < -0.39 is 17.3 Å². The Kier molecular flexibility index (Phi) is 2.35. The molecule has 1 aromatic carbocycles. The van der Waals surface area contributed by atoms with Crippen LogP contribution in [0.3, 0.4) is 0 Å². The maximum atomic E-state index is 12.5. The lowest BCUT2D eigenvalue weighted by Crippen LogP contribution is -2.19. The van der Waals surface area contributed by atoms with Crippen molar-refractivity contribution in [2.75, 3.05) is 0 Å². The molecule has 1 aliphatic rings. The molecule has 0 saturated heterocycles. The summed E-state index contributed by atoms with van der Waals surface area (Å²) in [5.41, 5.74) is 5.23. The molecule has 0 unspecified atom stereocenters. The Morgan fingerprint density at radius 3 is 2.27 bits per heavy atom. The van der Waals surface area contributed by atoms with Gasteiger partial charge in [-0.15, -0.1) is 0 Å². The molecular formula is C10H9BrF3N. The van der Waals surface area contributed by atoms with E-state index in [1.807, 2.05) is 0 Å². The molecule has 82 valence electrons. The van der Waals surface area contributed by atoms with E-state index in [2.05, 4.69) is 15.9 Å². The van der Waals surface area contributed by atoms with Crippen LogP contribution in [0.2, 0.25) is 0 Å². The monoisotopic (exact) mass is 279 g/mol. The van der Waals surface area contributed by atoms with Crippen molar-refractivity contribution in [3.8, 4) is 0 Å². The molecule has 0 amide bonds. The molecule has 1 nitrogen and oxygen atoms in total. The summed E-state index contributed by atoms with van der Waals surface area (Å²) in [6.45, 7) is 0. The molecule has 2 N–H and O–H groups in total. The smallest absolute Gasteiger partial charge is 0.321 e. The summed E-state index contributed by atoms with van der Waals surface area (Å²) < 4.78 is 37.9. The van der Waals surface area contributed by atoms with E-state index in [-0.39, 0.29) is 0 Å². The summed E-state index contributed by atoms with van der Waals surface area (Å²) in [6.07, 6.45) is -2.81. The van der Waals surface area contributed by atoms with Crippen LogP contribution in [-0.2, 0) is 11.7 Å². The Morgan fingerprint density at radius 1 is 1.20 bits per heavy atom. The van der Waals surface area contributed by atoms with Gasteiger partial charge in [0.2, 0.25) is 0 Å². The third-order valence-electron chi connectivity index (χ3n) is 2.59. The van der Waals surface area contributed by atoms with Gasteiger partial charge in [0.05, 0.1) is 5.56 Å². The molecule has 1 saturated carbocycles. The Labute approximate surface area is 93.6 Å². The van der Waals surface area contributed by atoms with Gasteiger partial charge in [-0.25, -0.2) is 0 Å². The number of hydrogen-bond acceptors (Lipinski definition) is 1. The Balaban J connectivity index is 2.46. The molecular weight excluding hydrogens is 271 g/mol. The van der Waals surface area contributed by atoms with E-state index >= 15 is 0 Å². The van der Waals surface area contributed by atoms with Crippen molar-refractivity contribution in [2.45, 2.75) is 24.6 Å². The van der Waals surface area contributed by atoms with Crippen LogP contribution < -0.4 is 5.73 Å². The second kappa shape index (κ2) is 3.22. The molecule has 0 heterocycles. The molecule has 5 heteroatoms. The Morgan fingerprint density at radius 2 is 1.80 bits per heavy atom. The van der Waals surface area contributed by atoms with Gasteiger partial charge in [0.1, 0.15) is 0 Å². The zero-order valence-electron chi connectivity index (χ0n) is 7.74. The molecule has 2 rings (SSSR count). The molecule has 0 radical (unpaired) electrons. The largest absolute Gasteiger partial charge is 0.416 e. The topological polar surface area (TPSA) is 26.0 Å². The number of benzene rings is 1. The van der Waals surface area contributed by atoms with Gasteiger partial charge in [0, 0.05) is 10.0 Å². The van der Waals surface area contributed by atoms with Crippen LogP contribution in [0, 0.1) is 0 Å². The summed E-state index contributed by atoms with van der Waals surface area (Å²) in [7, 11) is 0. The lowest BCUT2D eigenvalue weighted by molar-refractivity contribution is -0.137. The van der Waals surface area contributed by atoms with Crippen LogP contribution in [-0.4, -0.2) is 0 Å². The third-order valence-corrected chi connectivity index (χ3v) is 3.05. The van der Waals surface area contributed by atoms with E-state index in [9.17, 15) is 13.2 Å². The molecule has 1 aromatic rings. The Hall–Kier alpha value is -0.550. The average Bonchev–Trinajstić information content (AvgIpc) is 2.82. The first kappa shape index (κ1) is 11.0. The number of rotatable bonds is 1. The van der Waals surface area contributed by atoms with Crippen molar-refractivity contribution >= 4 is 15.9 Å². The minimum Gasteiger partial charge on any atom is -0.321 e. The van der Waals surface area contributed by atoms with Crippen molar-refractivity contribution in [3.63, 3.8) is 0 Å². The fourth-order valence-electron chi connectivity index (χ4n) is 1.46. The molecule has 0 spiro atoms. The first-order valence-corrected chi connectivity index (χ1v) is 5.28. The molecule has 1 fully saturated rings. The zero-order chi connectivity index (χ0) is 11.3. The van der Waals surface area contributed by atoms with Crippen molar-refractivity contribution < 1.29 is 13.2 Å². The molecule has 0 aliphatic heterocycles.